The molecule has 2 rings (SSSR count). The Morgan fingerprint density at radius 2 is 1.80 bits per heavy atom. The van der Waals surface area contributed by atoms with Gasteiger partial charge in [-0.1, -0.05) is 11.6 Å². The van der Waals surface area contributed by atoms with Crippen LogP contribution in [0.1, 0.15) is 5.56 Å². The molecule has 15 heavy (non-hydrogen) atoms. The van der Waals surface area contributed by atoms with Gasteiger partial charge in [0.25, 0.3) is 0 Å². The van der Waals surface area contributed by atoms with Gasteiger partial charge in [-0.15, -0.1) is 0 Å². The van der Waals surface area contributed by atoms with Crippen molar-refractivity contribution in [1.82, 2.24) is 15.0 Å². The van der Waals surface area contributed by atoms with Crippen molar-refractivity contribution in [1.29, 1.82) is 0 Å². The Bertz CT molecular complexity index is 485. The Labute approximate surface area is 91.0 Å². The fourth-order valence-electron chi connectivity index (χ4n) is 1.13. The van der Waals surface area contributed by atoms with Gasteiger partial charge in [0.15, 0.2) is 11.6 Å². The topological polar surface area (TPSA) is 38.7 Å². The van der Waals surface area contributed by atoms with E-state index in [2.05, 4.69) is 15.0 Å². The highest BCUT2D eigenvalue weighted by atomic mass is 35.5. The molecule has 0 spiro atoms. The summed E-state index contributed by atoms with van der Waals surface area (Å²) in [7, 11) is 0. The highest BCUT2D eigenvalue weighted by Gasteiger charge is 2.08. The van der Waals surface area contributed by atoms with E-state index < -0.39 is 5.82 Å². The maximum Gasteiger partial charge on any atom is 0.179 e. The molecule has 0 amide bonds. The van der Waals surface area contributed by atoms with E-state index in [9.17, 15) is 4.39 Å². The van der Waals surface area contributed by atoms with Crippen LogP contribution in [0, 0.1) is 12.7 Å². The van der Waals surface area contributed by atoms with Crippen LogP contribution < -0.4 is 0 Å². The Hall–Kier alpha value is -1.55. The predicted molar refractivity (Wildman–Crippen MR) is 55.0 cm³/mol. The molecule has 76 valence electrons. The molecule has 0 aromatic carbocycles. The molecule has 2 aromatic rings. The fourth-order valence-corrected chi connectivity index (χ4v) is 1.44. The lowest BCUT2D eigenvalue weighted by molar-refractivity contribution is 0.614. The third-order valence-electron chi connectivity index (χ3n) is 1.81. The van der Waals surface area contributed by atoms with Crippen LogP contribution in [-0.2, 0) is 0 Å². The molecule has 0 aliphatic carbocycles. The van der Waals surface area contributed by atoms with Crippen molar-refractivity contribution in [3.63, 3.8) is 0 Å². The molecule has 0 saturated heterocycles. The summed E-state index contributed by atoms with van der Waals surface area (Å²) in [5.74, 6) is -0.164. The standard InChI is InChI=1S/C10H7ClFN3/c1-6-2-8(11)9(13-3-6)10-14-4-7(12)5-15-10/h2-5H,1H3. The van der Waals surface area contributed by atoms with Crippen LogP contribution in [0.25, 0.3) is 11.5 Å². The van der Waals surface area contributed by atoms with E-state index in [0.717, 1.165) is 18.0 Å². The summed E-state index contributed by atoms with van der Waals surface area (Å²) in [5.41, 5.74) is 1.41. The summed E-state index contributed by atoms with van der Waals surface area (Å²) in [6, 6.07) is 1.76. The van der Waals surface area contributed by atoms with Crippen LogP contribution >= 0.6 is 11.6 Å². The van der Waals surface area contributed by atoms with Crippen molar-refractivity contribution in [2.45, 2.75) is 6.92 Å². The molecule has 0 saturated carbocycles. The van der Waals surface area contributed by atoms with E-state index in [0.29, 0.717) is 16.5 Å². The predicted octanol–water partition coefficient (Wildman–Crippen LogP) is 2.64. The fraction of sp³-hybridized carbons (Fsp3) is 0.100. The van der Waals surface area contributed by atoms with Gasteiger partial charge in [-0.3, -0.25) is 4.98 Å². The Kier molecular flexibility index (Phi) is 2.60. The number of hydrogen-bond donors (Lipinski definition) is 0. The summed E-state index contributed by atoms with van der Waals surface area (Å²) in [5, 5.41) is 0.460. The molecule has 0 N–H and O–H groups in total. The number of rotatable bonds is 1. The molecule has 0 atom stereocenters. The lowest BCUT2D eigenvalue weighted by Crippen LogP contribution is -1.93. The third-order valence-corrected chi connectivity index (χ3v) is 2.10. The molecule has 2 aromatic heterocycles. The van der Waals surface area contributed by atoms with E-state index in [-0.39, 0.29) is 0 Å². The maximum atomic E-state index is 12.6. The molecule has 0 aliphatic heterocycles. The van der Waals surface area contributed by atoms with Gasteiger partial charge in [0.05, 0.1) is 17.4 Å². The van der Waals surface area contributed by atoms with E-state index in [4.69, 9.17) is 11.6 Å². The van der Waals surface area contributed by atoms with Gasteiger partial charge in [0, 0.05) is 6.20 Å². The second-order valence-corrected chi connectivity index (χ2v) is 3.48. The number of aromatic nitrogens is 3. The van der Waals surface area contributed by atoms with E-state index in [1.807, 2.05) is 6.92 Å². The molecule has 2 heterocycles. The largest absolute Gasteiger partial charge is 0.251 e. The number of nitrogens with zero attached hydrogens (tertiary/aromatic N) is 3. The molecule has 0 aliphatic rings. The van der Waals surface area contributed by atoms with Gasteiger partial charge in [0.1, 0.15) is 5.69 Å². The zero-order valence-corrected chi connectivity index (χ0v) is 8.66. The summed E-state index contributed by atoms with van der Waals surface area (Å²) < 4.78 is 12.6. The molecular weight excluding hydrogens is 217 g/mol. The van der Waals surface area contributed by atoms with Gasteiger partial charge < -0.3 is 0 Å². The summed E-state index contributed by atoms with van der Waals surface area (Å²) in [4.78, 5) is 11.7. The SMILES string of the molecule is Cc1cnc(-c2ncc(F)cn2)c(Cl)c1. The molecule has 0 bridgehead atoms. The first-order valence-corrected chi connectivity index (χ1v) is 4.64. The summed E-state index contributed by atoms with van der Waals surface area (Å²) in [6.07, 6.45) is 3.83. The molecule has 5 heteroatoms. The number of pyridine rings is 1. The molecular formula is C10H7ClFN3. The second kappa shape index (κ2) is 3.90. The highest BCUT2D eigenvalue weighted by molar-refractivity contribution is 6.32. The van der Waals surface area contributed by atoms with Gasteiger partial charge in [0.2, 0.25) is 0 Å². The van der Waals surface area contributed by atoms with Crippen LogP contribution in [0.3, 0.4) is 0 Å². The Morgan fingerprint density at radius 3 is 2.40 bits per heavy atom. The summed E-state index contributed by atoms with van der Waals surface area (Å²) in [6.45, 7) is 1.88. The Morgan fingerprint density at radius 1 is 1.13 bits per heavy atom. The minimum Gasteiger partial charge on any atom is -0.251 e. The van der Waals surface area contributed by atoms with Gasteiger partial charge in [-0.05, 0) is 18.6 Å². The number of aryl methyl sites for hydroxylation is 1. The molecule has 0 radical (unpaired) electrons. The monoisotopic (exact) mass is 223 g/mol. The minimum atomic E-state index is -0.484. The van der Waals surface area contributed by atoms with Crippen LogP contribution in [0.5, 0.6) is 0 Å². The van der Waals surface area contributed by atoms with Gasteiger partial charge in [-0.25, -0.2) is 14.4 Å². The van der Waals surface area contributed by atoms with Crippen molar-refractivity contribution in [2.75, 3.05) is 0 Å². The zero-order valence-electron chi connectivity index (χ0n) is 7.91. The van der Waals surface area contributed by atoms with Crippen LogP contribution in [-0.4, -0.2) is 15.0 Å². The quantitative estimate of drug-likeness (QED) is 0.746. The normalized spacial score (nSPS) is 10.3. The molecule has 0 unspecified atom stereocenters. The van der Waals surface area contributed by atoms with Gasteiger partial charge >= 0.3 is 0 Å². The maximum absolute atomic E-state index is 12.6. The smallest absolute Gasteiger partial charge is 0.179 e. The average Bonchev–Trinajstić information content (AvgIpc) is 2.20. The van der Waals surface area contributed by atoms with Crippen LogP contribution in [0.4, 0.5) is 4.39 Å². The van der Waals surface area contributed by atoms with Crippen molar-refractivity contribution in [3.8, 4) is 11.5 Å². The van der Waals surface area contributed by atoms with E-state index in [1.54, 1.807) is 12.3 Å². The van der Waals surface area contributed by atoms with Crippen molar-refractivity contribution in [3.05, 3.63) is 41.1 Å². The van der Waals surface area contributed by atoms with E-state index >= 15 is 0 Å². The average molecular weight is 224 g/mol. The van der Waals surface area contributed by atoms with Crippen LogP contribution in [0.15, 0.2) is 24.7 Å². The second-order valence-electron chi connectivity index (χ2n) is 3.07. The lowest BCUT2D eigenvalue weighted by Gasteiger charge is -2.01. The highest BCUT2D eigenvalue weighted by Crippen LogP contribution is 2.22. The first-order valence-electron chi connectivity index (χ1n) is 4.27. The minimum absolute atomic E-state index is 0.321. The van der Waals surface area contributed by atoms with Crippen LogP contribution in [0.2, 0.25) is 5.02 Å². The van der Waals surface area contributed by atoms with E-state index in [1.165, 1.54) is 0 Å². The van der Waals surface area contributed by atoms with Crippen molar-refractivity contribution in [2.24, 2.45) is 0 Å². The zero-order chi connectivity index (χ0) is 10.8. The van der Waals surface area contributed by atoms with Crippen molar-refractivity contribution < 1.29 is 4.39 Å². The van der Waals surface area contributed by atoms with Gasteiger partial charge in [-0.2, -0.15) is 0 Å². The first-order chi connectivity index (χ1) is 7.16. The van der Waals surface area contributed by atoms with Crippen molar-refractivity contribution >= 4 is 11.6 Å². The number of hydrogen-bond acceptors (Lipinski definition) is 3. The lowest BCUT2D eigenvalue weighted by atomic mass is 10.2. The molecule has 3 nitrogen and oxygen atoms in total. The summed E-state index contributed by atoms with van der Waals surface area (Å²) >= 11 is 5.97. The third kappa shape index (κ3) is 2.10. The molecule has 0 fully saturated rings. The number of halogens is 2. The first kappa shape index (κ1) is 9.98. The Balaban J connectivity index is 2.49.